The van der Waals surface area contributed by atoms with Gasteiger partial charge in [0.1, 0.15) is 5.56 Å². The van der Waals surface area contributed by atoms with E-state index in [4.69, 9.17) is 0 Å². The van der Waals surface area contributed by atoms with E-state index in [1.807, 2.05) is 32.2 Å². The Morgan fingerprint density at radius 1 is 1.35 bits per heavy atom. The number of hydrogen-bond acceptors (Lipinski definition) is 5. The molecule has 3 heterocycles. The molecule has 0 bridgehead atoms. The Labute approximate surface area is 141 Å². The molecular formula is C16H17N3O2S2. The van der Waals surface area contributed by atoms with Crippen molar-refractivity contribution < 1.29 is 4.79 Å². The van der Waals surface area contributed by atoms with Gasteiger partial charge in [-0.05, 0) is 37.8 Å². The quantitative estimate of drug-likeness (QED) is 0.732. The van der Waals surface area contributed by atoms with Crippen LogP contribution in [0.15, 0.2) is 22.4 Å². The van der Waals surface area contributed by atoms with Crippen LogP contribution in [-0.2, 0) is 6.54 Å². The number of thiazole rings is 1. The Kier molecular flexibility index (Phi) is 4.08. The Morgan fingerprint density at radius 2 is 2.09 bits per heavy atom. The van der Waals surface area contributed by atoms with E-state index in [2.05, 4.69) is 4.98 Å². The lowest BCUT2D eigenvalue weighted by atomic mass is 10.2. The molecule has 3 rings (SSSR count). The number of carbonyl (C=O) groups excluding carboxylic acids is 1. The molecule has 0 saturated heterocycles. The maximum absolute atomic E-state index is 12.7. The SMILES string of the molecule is Cc1ccsc1CN(C)C(=O)c1cnc2sc(C)c(C)n2c1=O. The third-order valence-electron chi connectivity index (χ3n) is 3.94. The molecule has 0 N–H and O–H groups in total. The second-order valence-corrected chi connectivity index (χ2v) is 7.71. The molecule has 0 radical (unpaired) electrons. The van der Waals surface area contributed by atoms with E-state index in [0.29, 0.717) is 11.5 Å². The van der Waals surface area contributed by atoms with Gasteiger partial charge >= 0.3 is 0 Å². The number of rotatable bonds is 3. The standard InChI is InChI=1S/C16H17N3O2S2/c1-9-5-6-22-13(9)8-18(4)14(20)12-7-17-16-19(15(12)21)10(2)11(3)23-16/h5-7H,8H2,1-4H3. The van der Waals surface area contributed by atoms with Crippen LogP contribution in [0.4, 0.5) is 0 Å². The molecule has 0 aromatic carbocycles. The smallest absolute Gasteiger partial charge is 0.271 e. The Balaban J connectivity index is 1.98. The van der Waals surface area contributed by atoms with Gasteiger partial charge in [-0.25, -0.2) is 4.98 Å². The van der Waals surface area contributed by atoms with E-state index in [0.717, 1.165) is 21.0 Å². The van der Waals surface area contributed by atoms with Gasteiger partial charge in [0, 0.05) is 28.7 Å². The third kappa shape index (κ3) is 2.70. The van der Waals surface area contributed by atoms with Crippen LogP contribution in [0.3, 0.4) is 0 Å². The molecule has 120 valence electrons. The largest absolute Gasteiger partial charge is 0.336 e. The zero-order valence-electron chi connectivity index (χ0n) is 13.4. The lowest BCUT2D eigenvalue weighted by molar-refractivity contribution is 0.0784. The van der Waals surface area contributed by atoms with E-state index in [-0.39, 0.29) is 17.0 Å². The van der Waals surface area contributed by atoms with E-state index in [1.54, 1.807) is 23.3 Å². The summed E-state index contributed by atoms with van der Waals surface area (Å²) in [6.45, 7) is 6.33. The van der Waals surface area contributed by atoms with Gasteiger partial charge in [-0.3, -0.25) is 14.0 Å². The van der Waals surface area contributed by atoms with E-state index in [1.165, 1.54) is 21.9 Å². The number of amides is 1. The van der Waals surface area contributed by atoms with Gasteiger partial charge in [-0.1, -0.05) is 0 Å². The molecule has 0 spiro atoms. The minimum absolute atomic E-state index is 0.111. The highest BCUT2D eigenvalue weighted by Gasteiger charge is 2.20. The molecule has 0 aliphatic carbocycles. The molecular weight excluding hydrogens is 330 g/mol. The van der Waals surface area contributed by atoms with Gasteiger partial charge in [-0.15, -0.1) is 22.7 Å². The third-order valence-corrected chi connectivity index (χ3v) is 6.02. The van der Waals surface area contributed by atoms with Gasteiger partial charge in [0.15, 0.2) is 4.96 Å². The number of thiophene rings is 1. The van der Waals surface area contributed by atoms with E-state index >= 15 is 0 Å². The second kappa shape index (κ2) is 5.90. The molecule has 0 aliphatic heterocycles. The van der Waals surface area contributed by atoms with Gasteiger partial charge in [0.25, 0.3) is 11.5 Å². The summed E-state index contributed by atoms with van der Waals surface area (Å²) in [5.41, 5.74) is 1.81. The molecule has 3 aromatic heterocycles. The minimum atomic E-state index is -0.298. The highest BCUT2D eigenvalue weighted by molar-refractivity contribution is 7.17. The van der Waals surface area contributed by atoms with Crippen LogP contribution in [0.1, 0.15) is 31.4 Å². The first-order chi connectivity index (χ1) is 10.9. The molecule has 0 fully saturated rings. The summed E-state index contributed by atoms with van der Waals surface area (Å²) in [6.07, 6.45) is 1.40. The van der Waals surface area contributed by atoms with E-state index in [9.17, 15) is 9.59 Å². The summed E-state index contributed by atoms with van der Waals surface area (Å²) < 4.78 is 1.53. The average molecular weight is 347 g/mol. The number of aryl methyl sites for hydroxylation is 3. The zero-order valence-corrected chi connectivity index (χ0v) is 15.0. The Morgan fingerprint density at radius 3 is 2.74 bits per heavy atom. The molecule has 0 aliphatic rings. The van der Waals surface area contributed by atoms with Gasteiger partial charge in [-0.2, -0.15) is 0 Å². The first-order valence-corrected chi connectivity index (χ1v) is 8.86. The molecule has 1 amide bonds. The summed E-state index contributed by atoms with van der Waals surface area (Å²) in [7, 11) is 1.71. The molecule has 7 heteroatoms. The molecule has 5 nitrogen and oxygen atoms in total. The number of hydrogen-bond donors (Lipinski definition) is 0. The fourth-order valence-electron chi connectivity index (χ4n) is 2.38. The first kappa shape index (κ1) is 15.9. The van der Waals surface area contributed by atoms with Crippen LogP contribution in [0.2, 0.25) is 0 Å². The Hall–Kier alpha value is -1.99. The summed E-state index contributed by atoms with van der Waals surface area (Å²) in [5, 5.41) is 2.00. The average Bonchev–Trinajstić information content (AvgIpc) is 3.03. The molecule has 3 aromatic rings. The molecule has 0 atom stereocenters. The van der Waals surface area contributed by atoms with Gasteiger partial charge < -0.3 is 4.90 Å². The lowest BCUT2D eigenvalue weighted by Crippen LogP contribution is -2.33. The molecule has 0 unspecified atom stereocenters. The van der Waals surface area contributed by atoms with Crippen molar-refractivity contribution in [3.63, 3.8) is 0 Å². The normalized spacial score (nSPS) is 11.1. The van der Waals surface area contributed by atoms with Crippen molar-refractivity contribution in [2.45, 2.75) is 27.3 Å². The van der Waals surface area contributed by atoms with Crippen molar-refractivity contribution in [3.05, 3.63) is 54.6 Å². The Bertz CT molecular complexity index is 952. The number of nitrogens with zero attached hydrogens (tertiary/aromatic N) is 3. The lowest BCUT2D eigenvalue weighted by Gasteiger charge is -2.16. The number of aromatic nitrogens is 2. The maximum atomic E-state index is 12.7. The molecule has 0 saturated carbocycles. The summed E-state index contributed by atoms with van der Waals surface area (Å²) in [4.78, 5) is 33.9. The fraction of sp³-hybridized carbons (Fsp3) is 0.312. The van der Waals surface area contributed by atoms with E-state index < -0.39 is 0 Å². The first-order valence-electron chi connectivity index (χ1n) is 7.16. The van der Waals surface area contributed by atoms with Gasteiger partial charge in [0.2, 0.25) is 0 Å². The second-order valence-electron chi connectivity index (χ2n) is 5.53. The van der Waals surface area contributed by atoms with Crippen LogP contribution in [0.25, 0.3) is 4.96 Å². The van der Waals surface area contributed by atoms with Crippen LogP contribution >= 0.6 is 22.7 Å². The molecule has 23 heavy (non-hydrogen) atoms. The van der Waals surface area contributed by atoms with Gasteiger partial charge in [0.05, 0.1) is 6.54 Å². The predicted octanol–water partition coefficient (Wildman–Crippen LogP) is 3.01. The minimum Gasteiger partial charge on any atom is -0.336 e. The van der Waals surface area contributed by atoms with Crippen molar-refractivity contribution in [2.24, 2.45) is 0 Å². The van der Waals surface area contributed by atoms with Crippen LogP contribution in [-0.4, -0.2) is 27.2 Å². The van der Waals surface area contributed by atoms with Crippen molar-refractivity contribution in [1.29, 1.82) is 0 Å². The van der Waals surface area contributed by atoms with Crippen LogP contribution < -0.4 is 5.56 Å². The zero-order chi connectivity index (χ0) is 16.7. The maximum Gasteiger partial charge on any atom is 0.271 e. The van der Waals surface area contributed by atoms with Crippen molar-refractivity contribution in [2.75, 3.05) is 7.05 Å². The fourth-order valence-corrected chi connectivity index (χ4v) is 4.27. The van der Waals surface area contributed by atoms with Crippen LogP contribution in [0.5, 0.6) is 0 Å². The van der Waals surface area contributed by atoms with Crippen LogP contribution in [0, 0.1) is 20.8 Å². The van der Waals surface area contributed by atoms with Crippen molar-refractivity contribution in [1.82, 2.24) is 14.3 Å². The summed E-state index contributed by atoms with van der Waals surface area (Å²) in [6, 6.07) is 2.03. The topological polar surface area (TPSA) is 54.7 Å². The summed E-state index contributed by atoms with van der Waals surface area (Å²) in [5.74, 6) is -0.298. The predicted molar refractivity (Wildman–Crippen MR) is 93.7 cm³/mol. The van der Waals surface area contributed by atoms with Crippen molar-refractivity contribution >= 4 is 33.5 Å². The monoisotopic (exact) mass is 347 g/mol. The number of carbonyl (C=O) groups is 1. The highest BCUT2D eigenvalue weighted by Crippen LogP contribution is 2.20. The number of fused-ring (bicyclic) bond motifs is 1. The summed E-state index contributed by atoms with van der Waals surface area (Å²) >= 11 is 3.07. The highest BCUT2D eigenvalue weighted by atomic mass is 32.1. The van der Waals surface area contributed by atoms with Crippen molar-refractivity contribution in [3.8, 4) is 0 Å².